The molecule has 2 aromatic heterocycles. The van der Waals surface area contributed by atoms with Crippen molar-refractivity contribution in [3.8, 4) is 0 Å². The molecule has 0 atom stereocenters. The molecule has 0 saturated carbocycles. The molecular formula is C21H21ClN2O2S2. The van der Waals surface area contributed by atoms with E-state index in [-0.39, 0.29) is 5.91 Å². The van der Waals surface area contributed by atoms with Crippen LogP contribution in [0.4, 0.5) is 5.00 Å². The number of thiophene rings is 2. The first kappa shape index (κ1) is 19.4. The van der Waals surface area contributed by atoms with Gasteiger partial charge < -0.3 is 11.1 Å². The number of nitrogens with two attached hydrogens (primary N) is 1. The lowest BCUT2D eigenvalue weighted by Crippen LogP contribution is -2.18. The quantitative estimate of drug-likeness (QED) is 0.537. The lowest BCUT2D eigenvalue weighted by atomic mass is 9.96. The average Bonchev–Trinajstić information content (AvgIpc) is 3.12. The highest BCUT2D eigenvalue weighted by atomic mass is 35.5. The number of hydrogen-bond donors (Lipinski definition) is 2. The second-order valence-corrected chi connectivity index (χ2v) is 9.72. The molecule has 0 spiro atoms. The first-order valence-corrected chi connectivity index (χ1v) is 11.4. The molecule has 0 aliphatic heterocycles. The van der Waals surface area contributed by atoms with E-state index in [0.29, 0.717) is 20.5 Å². The van der Waals surface area contributed by atoms with Crippen LogP contribution in [0.15, 0.2) is 18.2 Å². The largest absolute Gasteiger partial charge is 0.365 e. The number of rotatable bonds is 3. The topological polar surface area (TPSA) is 72.2 Å². The molecule has 7 heteroatoms. The van der Waals surface area contributed by atoms with Crippen LogP contribution in [0.1, 0.15) is 61.7 Å². The van der Waals surface area contributed by atoms with Crippen molar-refractivity contribution in [1.29, 1.82) is 0 Å². The summed E-state index contributed by atoms with van der Waals surface area (Å²) in [5.41, 5.74) is 8.30. The van der Waals surface area contributed by atoms with Crippen molar-refractivity contribution >= 4 is 61.2 Å². The number of benzene rings is 1. The summed E-state index contributed by atoms with van der Waals surface area (Å²) in [7, 11) is 0. The maximum Gasteiger partial charge on any atom is 0.267 e. The van der Waals surface area contributed by atoms with Gasteiger partial charge in [0.1, 0.15) is 9.88 Å². The minimum absolute atomic E-state index is 0.291. The first-order chi connectivity index (χ1) is 13.5. The van der Waals surface area contributed by atoms with Crippen molar-refractivity contribution in [3.63, 3.8) is 0 Å². The first-order valence-electron chi connectivity index (χ1n) is 9.40. The zero-order valence-corrected chi connectivity index (χ0v) is 18.0. The third kappa shape index (κ3) is 3.56. The van der Waals surface area contributed by atoms with E-state index < -0.39 is 5.91 Å². The van der Waals surface area contributed by atoms with E-state index in [1.165, 1.54) is 34.0 Å². The minimum atomic E-state index is -0.480. The van der Waals surface area contributed by atoms with Crippen LogP contribution in [0.3, 0.4) is 0 Å². The molecule has 3 N–H and O–H groups in total. The Labute approximate surface area is 176 Å². The third-order valence-electron chi connectivity index (χ3n) is 5.14. The molecule has 1 aromatic carbocycles. The summed E-state index contributed by atoms with van der Waals surface area (Å²) in [6, 6.07) is 5.94. The summed E-state index contributed by atoms with van der Waals surface area (Å²) in [6.07, 6.45) is 6.26. The Hall–Kier alpha value is -1.89. The Morgan fingerprint density at radius 1 is 1.11 bits per heavy atom. The summed E-state index contributed by atoms with van der Waals surface area (Å²) in [5, 5.41) is 4.80. The molecule has 1 aliphatic carbocycles. The maximum atomic E-state index is 13.0. The lowest BCUT2D eigenvalue weighted by molar-refractivity contribution is 0.100. The molecule has 3 aromatic rings. The van der Waals surface area contributed by atoms with E-state index in [4.69, 9.17) is 17.3 Å². The molecule has 4 nitrogen and oxygen atoms in total. The van der Waals surface area contributed by atoms with Crippen LogP contribution < -0.4 is 11.1 Å². The normalized spacial score (nSPS) is 14.4. The summed E-state index contributed by atoms with van der Waals surface area (Å²) < 4.78 is 0.976. The summed E-state index contributed by atoms with van der Waals surface area (Å²) in [5.74, 6) is -0.771. The average molecular weight is 433 g/mol. The molecule has 0 radical (unpaired) electrons. The number of carbonyl (C=O) groups excluding carboxylic acids is 2. The lowest BCUT2D eigenvalue weighted by Gasteiger charge is -2.10. The van der Waals surface area contributed by atoms with Gasteiger partial charge in [0.15, 0.2) is 0 Å². The monoisotopic (exact) mass is 432 g/mol. The number of aryl methyl sites for hydroxylation is 2. The van der Waals surface area contributed by atoms with Crippen molar-refractivity contribution in [2.75, 3.05) is 5.32 Å². The molecule has 4 rings (SSSR count). The van der Waals surface area contributed by atoms with Crippen molar-refractivity contribution < 1.29 is 9.59 Å². The zero-order valence-electron chi connectivity index (χ0n) is 15.6. The van der Waals surface area contributed by atoms with Gasteiger partial charge in [-0.15, -0.1) is 22.7 Å². The van der Waals surface area contributed by atoms with E-state index in [2.05, 4.69) is 5.32 Å². The van der Waals surface area contributed by atoms with E-state index in [9.17, 15) is 9.59 Å². The van der Waals surface area contributed by atoms with Gasteiger partial charge in [0.05, 0.1) is 10.6 Å². The summed E-state index contributed by atoms with van der Waals surface area (Å²) >= 11 is 9.32. The molecule has 2 amide bonds. The number of carbonyl (C=O) groups is 2. The number of primary amides is 1. The van der Waals surface area contributed by atoms with Crippen LogP contribution in [0.5, 0.6) is 0 Å². The minimum Gasteiger partial charge on any atom is -0.365 e. The second kappa shape index (κ2) is 7.85. The fraction of sp³-hybridized carbons (Fsp3) is 0.333. The molecule has 0 bridgehead atoms. The van der Waals surface area contributed by atoms with Crippen molar-refractivity contribution in [2.45, 2.75) is 45.4 Å². The van der Waals surface area contributed by atoms with Crippen LogP contribution in [0, 0.1) is 6.92 Å². The SMILES string of the molecule is Cc1ccc2c(Cl)c(C(=O)Nc3sc4c(c3C(N)=O)CCCCCC4)sc2c1. The van der Waals surface area contributed by atoms with Gasteiger partial charge in [-0.3, -0.25) is 9.59 Å². The van der Waals surface area contributed by atoms with Gasteiger partial charge in [-0.25, -0.2) is 0 Å². The predicted octanol–water partition coefficient (Wildman–Crippen LogP) is 5.93. The molecule has 146 valence electrons. The van der Waals surface area contributed by atoms with Gasteiger partial charge >= 0.3 is 0 Å². The van der Waals surface area contributed by atoms with Gasteiger partial charge in [-0.1, -0.05) is 36.6 Å². The number of halogens is 1. The molecule has 0 unspecified atom stereocenters. The van der Waals surface area contributed by atoms with E-state index in [0.717, 1.165) is 53.3 Å². The van der Waals surface area contributed by atoms with E-state index in [1.54, 1.807) is 0 Å². The fourth-order valence-electron chi connectivity index (χ4n) is 3.75. The van der Waals surface area contributed by atoms with Gasteiger partial charge in [-0.2, -0.15) is 0 Å². The predicted molar refractivity (Wildman–Crippen MR) is 118 cm³/mol. The molecule has 1 aliphatic rings. The van der Waals surface area contributed by atoms with E-state index in [1.807, 2.05) is 25.1 Å². The highest BCUT2D eigenvalue weighted by molar-refractivity contribution is 7.22. The Morgan fingerprint density at radius 2 is 1.86 bits per heavy atom. The molecule has 0 fully saturated rings. The van der Waals surface area contributed by atoms with Crippen molar-refractivity contribution in [3.05, 3.63) is 49.7 Å². The smallest absolute Gasteiger partial charge is 0.267 e. The van der Waals surface area contributed by atoms with E-state index >= 15 is 0 Å². The molecule has 2 heterocycles. The Bertz CT molecular complexity index is 1080. The van der Waals surface area contributed by atoms with Crippen LogP contribution in [0.25, 0.3) is 10.1 Å². The fourth-order valence-corrected chi connectivity index (χ4v) is 6.55. The Kier molecular flexibility index (Phi) is 5.45. The van der Waals surface area contributed by atoms with Crippen molar-refractivity contribution in [1.82, 2.24) is 0 Å². The number of fused-ring (bicyclic) bond motifs is 2. The van der Waals surface area contributed by atoms with Gasteiger partial charge in [-0.05, 0) is 49.8 Å². The van der Waals surface area contributed by atoms with Crippen LogP contribution in [-0.4, -0.2) is 11.8 Å². The second-order valence-electron chi connectivity index (χ2n) is 7.19. The van der Waals surface area contributed by atoms with Gasteiger partial charge in [0.2, 0.25) is 0 Å². The molecule has 28 heavy (non-hydrogen) atoms. The van der Waals surface area contributed by atoms with Crippen LogP contribution in [0.2, 0.25) is 5.02 Å². The zero-order chi connectivity index (χ0) is 19.8. The van der Waals surface area contributed by atoms with Gasteiger partial charge in [0, 0.05) is 15.0 Å². The molecule has 0 saturated heterocycles. The standard InChI is InChI=1S/C21H21ClN2O2S2/c1-11-8-9-13-15(10-11)27-18(17(13)22)20(26)24-21-16(19(23)25)12-6-4-2-3-5-7-14(12)28-21/h8-10H,2-7H2,1H3,(H2,23,25)(H,24,26). The number of nitrogens with one attached hydrogen (secondary N) is 1. The number of anilines is 1. The number of hydrogen-bond acceptors (Lipinski definition) is 4. The third-order valence-corrected chi connectivity index (χ3v) is 8.00. The highest BCUT2D eigenvalue weighted by Crippen LogP contribution is 2.39. The Morgan fingerprint density at radius 3 is 2.61 bits per heavy atom. The highest BCUT2D eigenvalue weighted by Gasteiger charge is 2.25. The van der Waals surface area contributed by atoms with Gasteiger partial charge in [0.25, 0.3) is 11.8 Å². The van der Waals surface area contributed by atoms with Crippen LogP contribution >= 0.6 is 34.3 Å². The summed E-state index contributed by atoms with van der Waals surface area (Å²) in [6.45, 7) is 2.01. The van der Waals surface area contributed by atoms with Crippen LogP contribution in [-0.2, 0) is 12.8 Å². The maximum absolute atomic E-state index is 13.0. The summed E-state index contributed by atoms with van der Waals surface area (Å²) in [4.78, 5) is 26.8. The molecular weight excluding hydrogens is 412 g/mol. The Balaban J connectivity index is 1.71. The van der Waals surface area contributed by atoms with Crippen molar-refractivity contribution in [2.24, 2.45) is 5.73 Å². The number of amides is 2.